The van der Waals surface area contributed by atoms with Gasteiger partial charge in [0.25, 0.3) is 0 Å². The summed E-state index contributed by atoms with van der Waals surface area (Å²) in [7, 11) is 0. The molecule has 0 aliphatic heterocycles. The molecule has 2 rings (SSSR count). The quantitative estimate of drug-likeness (QED) is 0.172. The van der Waals surface area contributed by atoms with E-state index in [0.717, 1.165) is 5.56 Å². The monoisotopic (exact) mass is 518 g/mol. The summed E-state index contributed by atoms with van der Waals surface area (Å²) >= 11 is 3.97. The molecule has 0 fully saturated rings. The van der Waals surface area contributed by atoms with Gasteiger partial charge in [0.05, 0.1) is 12.4 Å². The summed E-state index contributed by atoms with van der Waals surface area (Å²) in [5, 5.41) is 17.0. The summed E-state index contributed by atoms with van der Waals surface area (Å²) in [4.78, 5) is 57.2. The van der Waals surface area contributed by atoms with Crippen LogP contribution in [-0.2, 0) is 32.0 Å². The number of carbonyl (C=O) groups excluding carboxylic acids is 3. The van der Waals surface area contributed by atoms with E-state index in [-0.39, 0.29) is 24.5 Å². The molecule has 1 aromatic heterocycles. The molecule has 1 aromatic carbocycles. The van der Waals surface area contributed by atoms with Gasteiger partial charge in [-0.15, -0.1) is 0 Å². The van der Waals surface area contributed by atoms with Crippen molar-refractivity contribution in [2.24, 2.45) is 11.7 Å². The molecule has 0 radical (unpaired) electrons. The number of thiol groups is 1. The average Bonchev–Trinajstić information content (AvgIpc) is 3.38. The Kier molecular flexibility index (Phi) is 11.4. The number of nitrogens with two attached hydrogens (primary N) is 1. The van der Waals surface area contributed by atoms with Gasteiger partial charge in [0.15, 0.2) is 0 Å². The molecule has 0 bridgehead atoms. The molecule has 0 spiro atoms. The molecule has 0 aliphatic carbocycles. The fourth-order valence-corrected chi connectivity index (χ4v) is 3.72. The number of H-pyrrole nitrogens is 1. The Labute approximate surface area is 215 Å². The Bertz CT molecular complexity index is 1000. The second-order valence-corrected chi connectivity index (χ2v) is 8.96. The second-order valence-electron chi connectivity index (χ2n) is 8.59. The highest BCUT2D eigenvalue weighted by molar-refractivity contribution is 7.80. The maximum absolute atomic E-state index is 13.3. The molecular formula is C24H34N6O5S. The second kappa shape index (κ2) is 14.2. The third kappa shape index (κ3) is 8.68. The van der Waals surface area contributed by atoms with Crippen LogP contribution in [0.4, 0.5) is 0 Å². The van der Waals surface area contributed by atoms with E-state index in [9.17, 15) is 24.3 Å². The minimum Gasteiger partial charge on any atom is -0.480 e. The fourth-order valence-electron chi connectivity index (χ4n) is 3.47. The van der Waals surface area contributed by atoms with Crippen molar-refractivity contribution in [3.05, 3.63) is 54.1 Å². The van der Waals surface area contributed by atoms with Crippen LogP contribution in [0.5, 0.6) is 0 Å². The lowest BCUT2D eigenvalue weighted by atomic mass is 9.97. The van der Waals surface area contributed by atoms with Gasteiger partial charge in [0.1, 0.15) is 18.1 Å². The Morgan fingerprint density at radius 2 is 1.69 bits per heavy atom. The molecule has 0 aliphatic rings. The van der Waals surface area contributed by atoms with Gasteiger partial charge in [-0.1, -0.05) is 50.6 Å². The molecule has 5 unspecified atom stereocenters. The van der Waals surface area contributed by atoms with E-state index in [0.29, 0.717) is 12.1 Å². The van der Waals surface area contributed by atoms with Crippen molar-refractivity contribution in [2.75, 3.05) is 5.75 Å². The number of hydrogen-bond acceptors (Lipinski definition) is 7. The van der Waals surface area contributed by atoms with Crippen molar-refractivity contribution < 1.29 is 24.3 Å². The zero-order valence-electron chi connectivity index (χ0n) is 20.3. The van der Waals surface area contributed by atoms with E-state index in [4.69, 9.17) is 5.73 Å². The van der Waals surface area contributed by atoms with E-state index in [2.05, 4.69) is 38.5 Å². The van der Waals surface area contributed by atoms with E-state index < -0.39 is 47.9 Å². The first-order valence-corrected chi connectivity index (χ1v) is 12.3. The number of nitrogens with zero attached hydrogens (tertiary/aromatic N) is 1. The van der Waals surface area contributed by atoms with Crippen molar-refractivity contribution >= 4 is 36.3 Å². The Morgan fingerprint density at radius 3 is 2.25 bits per heavy atom. The number of aliphatic carboxylic acids is 1. The molecule has 5 atom stereocenters. The number of aromatic nitrogens is 2. The van der Waals surface area contributed by atoms with Crippen molar-refractivity contribution in [3.63, 3.8) is 0 Å². The smallest absolute Gasteiger partial charge is 0.327 e. The number of carboxylic acid groups (broad SMARTS) is 1. The fraction of sp³-hybridized carbons (Fsp3) is 0.458. The van der Waals surface area contributed by atoms with E-state index in [1.54, 1.807) is 6.92 Å². The third-order valence-electron chi connectivity index (χ3n) is 5.84. The van der Waals surface area contributed by atoms with Gasteiger partial charge in [0, 0.05) is 24.1 Å². The number of carboxylic acids is 1. The van der Waals surface area contributed by atoms with Crippen molar-refractivity contribution in [3.8, 4) is 0 Å². The molecule has 1 heterocycles. The van der Waals surface area contributed by atoms with Crippen LogP contribution < -0.4 is 21.7 Å². The molecule has 196 valence electrons. The number of carbonyl (C=O) groups is 4. The minimum atomic E-state index is -1.23. The number of amides is 3. The average molecular weight is 519 g/mol. The van der Waals surface area contributed by atoms with Crippen molar-refractivity contribution in [2.45, 2.75) is 57.3 Å². The predicted molar refractivity (Wildman–Crippen MR) is 137 cm³/mol. The van der Waals surface area contributed by atoms with Gasteiger partial charge in [0.2, 0.25) is 17.7 Å². The minimum absolute atomic E-state index is 0.0822. The molecule has 3 amide bonds. The van der Waals surface area contributed by atoms with E-state index in [1.807, 2.05) is 37.3 Å². The first kappa shape index (κ1) is 28.9. The molecule has 36 heavy (non-hydrogen) atoms. The zero-order valence-corrected chi connectivity index (χ0v) is 21.2. The summed E-state index contributed by atoms with van der Waals surface area (Å²) in [6.07, 6.45) is 3.88. The lowest BCUT2D eigenvalue weighted by molar-refractivity contribution is -0.142. The lowest BCUT2D eigenvalue weighted by Crippen LogP contribution is -2.59. The largest absolute Gasteiger partial charge is 0.480 e. The maximum atomic E-state index is 13.3. The first-order chi connectivity index (χ1) is 17.2. The summed E-state index contributed by atoms with van der Waals surface area (Å²) in [6, 6.07) is 5.07. The van der Waals surface area contributed by atoms with Crippen LogP contribution in [0.2, 0.25) is 0 Å². The molecule has 0 saturated heterocycles. The summed E-state index contributed by atoms with van der Waals surface area (Å²) in [5.74, 6) is -3.43. The van der Waals surface area contributed by atoms with Gasteiger partial charge in [-0.2, -0.15) is 12.6 Å². The van der Waals surface area contributed by atoms with Crippen molar-refractivity contribution in [1.82, 2.24) is 25.9 Å². The Hall–Kier alpha value is -3.38. The number of rotatable bonds is 14. The normalized spacial score (nSPS) is 15.1. The van der Waals surface area contributed by atoms with Gasteiger partial charge < -0.3 is 31.8 Å². The molecule has 7 N–H and O–H groups in total. The van der Waals surface area contributed by atoms with Gasteiger partial charge >= 0.3 is 5.97 Å². The summed E-state index contributed by atoms with van der Waals surface area (Å²) in [6.45, 7) is 3.61. The highest BCUT2D eigenvalue weighted by atomic mass is 32.1. The number of benzene rings is 1. The summed E-state index contributed by atoms with van der Waals surface area (Å²) in [5.41, 5.74) is 7.57. The maximum Gasteiger partial charge on any atom is 0.327 e. The number of imidazole rings is 1. The van der Waals surface area contributed by atoms with Crippen LogP contribution in [0, 0.1) is 5.92 Å². The van der Waals surface area contributed by atoms with E-state index >= 15 is 0 Å². The topological polar surface area (TPSA) is 179 Å². The third-order valence-corrected chi connectivity index (χ3v) is 6.20. The van der Waals surface area contributed by atoms with Crippen LogP contribution in [0.25, 0.3) is 0 Å². The SMILES string of the molecule is CCC(C)C(NC(=O)C(Cc1cnc[nH]1)NC(=O)C(N)Cc1ccccc1)C(=O)NC(CS)C(=O)O. The highest BCUT2D eigenvalue weighted by Gasteiger charge is 2.32. The van der Waals surface area contributed by atoms with Crippen LogP contribution in [0.15, 0.2) is 42.9 Å². The lowest BCUT2D eigenvalue weighted by Gasteiger charge is -2.28. The molecule has 12 heteroatoms. The van der Waals surface area contributed by atoms with Crippen molar-refractivity contribution in [1.29, 1.82) is 0 Å². The zero-order chi connectivity index (χ0) is 26.7. The number of aromatic amines is 1. The Morgan fingerprint density at radius 1 is 1.03 bits per heavy atom. The van der Waals surface area contributed by atoms with E-state index in [1.165, 1.54) is 12.5 Å². The van der Waals surface area contributed by atoms with Crippen LogP contribution >= 0.6 is 12.6 Å². The highest BCUT2D eigenvalue weighted by Crippen LogP contribution is 2.10. The number of hydrogen-bond donors (Lipinski definition) is 7. The summed E-state index contributed by atoms with van der Waals surface area (Å²) < 4.78 is 0. The molecular weight excluding hydrogens is 484 g/mol. The van der Waals surface area contributed by atoms with Gasteiger partial charge in [-0.05, 0) is 17.9 Å². The van der Waals surface area contributed by atoms with Crippen LogP contribution in [0.1, 0.15) is 31.5 Å². The molecule has 2 aromatic rings. The predicted octanol–water partition coefficient (Wildman–Crippen LogP) is 0.0371. The van der Waals surface area contributed by atoms with Crippen LogP contribution in [0.3, 0.4) is 0 Å². The molecule has 11 nitrogen and oxygen atoms in total. The van der Waals surface area contributed by atoms with Gasteiger partial charge in [-0.25, -0.2) is 9.78 Å². The standard InChI is InChI=1S/C24H34N6O5S/c1-3-14(2)20(23(33)29-19(12-36)24(34)35)30-22(32)18(10-16-11-26-13-27-16)28-21(31)17(25)9-15-7-5-4-6-8-15/h4-8,11,13-14,17-20,36H,3,9-10,12,25H2,1-2H3,(H,26,27)(H,28,31)(H,29,33)(H,30,32)(H,34,35). The first-order valence-electron chi connectivity index (χ1n) is 11.7. The van der Waals surface area contributed by atoms with Crippen LogP contribution in [-0.4, -0.2) is 68.7 Å². The molecule has 0 saturated carbocycles. The Balaban J connectivity index is 2.17. The van der Waals surface area contributed by atoms with Gasteiger partial charge in [-0.3, -0.25) is 14.4 Å². The number of nitrogens with one attached hydrogen (secondary N) is 4.